The Kier molecular flexibility index (Phi) is 4.69. The Hall–Kier alpha value is -2.13. The Bertz CT molecular complexity index is 552. The first-order valence-electron chi connectivity index (χ1n) is 5.01. The largest absolute Gasteiger partial charge is 0.573 e. The molecule has 1 aromatic heterocycles. The van der Waals surface area contributed by atoms with E-state index in [1.54, 1.807) is 0 Å². The maximum atomic E-state index is 12.5. The molecule has 20 heavy (non-hydrogen) atoms. The summed E-state index contributed by atoms with van der Waals surface area (Å²) in [5.41, 5.74) is -3.45. The van der Waals surface area contributed by atoms with Crippen molar-refractivity contribution in [1.29, 1.82) is 0 Å². The van der Waals surface area contributed by atoms with E-state index in [0.717, 1.165) is 7.11 Å². The van der Waals surface area contributed by atoms with Crippen LogP contribution in [0.15, 0.2) is 11.0 Å². The second kappa shape index (κ2) is 5.88. The molecule has 0 saturated carbocycles. The van der Waals surface area contributed by atoms with Crippen LogP contribution in [0, 0.1) is 0 Å². The predicted octanol–water partition coefficient (Wildman–Crippen LogP) is 1.93. The van der Waals surface area contributed by atoms with E-state index < -0.39 is 47.6 Å². The fourth-order valence-corrected chi connectivity index (χ4v) is 1.30. The van der Waals surface area contributed by atoms with Crippen molar-refractivity contribution < 1.29 is 36.2 Å². The first-order valence-corrected chi connectivity index (χ1v) is 5.01. The SMILES string of the molecule is COC(=O)Cc1[nH]cc(C(F)F)c(=O)c1OC(F)(F)F. The summed E-state index contributed by atoms with van der Waals surface area (Å²) in [5.74, 6) is -2.38. The summed E-state index contributed by atoms with van der Waals surface area (Å²) >= 11 is 0. The molecule has 5 nitrogen and oxygen atoms in total. The van der Waals surface area contributed by atoms with Crippen LogP contribution in [0.4, 0.5) is 22.0 Å². The number of nitrogens with one attached hydrogen (secondary N) is 1. The van der Waals surface area contributed by atoms with E-state index in [1.807, 2.05) is 4.98 Å². The topological polar surface area (TPSA) is 68.4 Å². The van der Waals surface area contributed by atoms with Crippen molar-refractivity contribution >= 4 is 5.97 Å². The highest BCUT2D eigenvalue weighted by molar-refractivity contribution is 5.72. The Balaban J connectivity index is 3.33. The highest BCUT2D eigenvalue weighted by atomic mass is 19.4. The Labute approximate surface area is 108 Å². The second-order valence-electron chi connectivity index (χ2n) is 3.48. The Morgan fingerprint density at radius 1 is 1.40 bits per heavy atom. The molecule has 0 atom stereocenters. The standard InChI is InChI=1S/C10H8F5NO4/c1-19-6(17)2-5-8(20-10(13,14)15)7(18)4(3-16-5)9(11)12/h3,9H,2H2,1H3,(H,16,18). The van der Waals surface area contributed by atoms with Crippen molar-refractivity contribution in [1.82, 2.24) is 4.98 Å². The Morgan fingerprint density at radius 3 is 2.45 bits per heavy atom. The minimum absolute atomic E-state index is 0.522. The molecule has 0 bridgehead atoms. The number of esters is 1. The third-order valence-electron chi connectivity index (χ3n) is 2.15. The molecule has 112 valence electrons. The van der Waals surface area contributed by atoms with Crippen LogP contribution in [0.25, 0.3) is 0 Å². The summed E-state index contributed by atoms with van der Waals surface area (Å²) in [4.78, 5) is 24.5. The van der Waals surface area contributed by atoms with Gasteiger partial charge in [-0.3, -0.25) is 9.59 Å². The molecule has 0 radical (unpaired) electrons. The molecule has 1 rings (SSSR count). The van der Waals surface area contributed by atoms with Gasteiger partial charge in [0.15, 0.2) is 5.75 Å². The molecule has 0 fully saturated rings. The van der Waals surface area contributed by atoms with Crippen molar-refractivity contribution in [3.8, 4) is 5.75 Å². The lowest BCUT2D eigenvalue weighted by atomic mass is 10.2. The average molecular weight is 301 g/mol. The van der Waals surface area contributed by atoms with Crippen LogP contribution in [0.3, 0.4) is 0 Å². The minimum atomic E-state index is -5.27. The lowest BCUT2D eigenvalue weighted by molar-refractivity contribution is -0.275. The Morgan fingerprint density at radius 2 is 2.00 bits per heavy atom. The number of aromatic amines is 1. The highest BCUT2D eigenvalue weighted by Gasteiger charge is 2.35. The number of ether oxygens (including phenoxy) is 2. The number of carbonyl (C=O) groups excluding carboxylic acids is 1. The zero-order valence-electron chi connectivity index (χ0n) is 9.88. The van der Waals surface area contributed by atoms with Gasteiger partial charge in [0.2, 0.25) is 5.43 Å². The molecular weight excluding hydrogens is 293 g/mol. The van der Waals surface area contributed by atoms with Crippen LogP contribution in [0.5, 0.6) is 5.75 Å². The molecule has 1 heterocycles. The van der Waals surface area contributed by atoms with Gasteiger partial charge in [-0.15, -0.1) is 13.2 Å². The fourth-order valence-electron chi connectivity index (χ4n) is 1.30. The lowest BCUT2D eigenvalue weighted by Gasteiger charge is -2.13. The number of alkyl halides is 5. The molecular formula is C10H8F5NO4. The first kappa shape index (κ1) is 15.9. The smallest absolute Gasteiger partial charge is 0.469 e. The van der Waals surface area contributed by atoms with E-state index in [9.17, 15) is 31.5 Å². The van der Waals surface area contributed by atoms with Crippen LogP contribution in [0.2, 0.25) is 0 Å². The summed E-state index contributed by atoms with van der Waals surface area (Å²) in [6.07, 6.45) is -8.80. The number of halogens is 5. The van der Waals surface area contributed by atoms with Crippen LogP contribution >= 0.6 is 0 Å². The third kappa shape index (κ3) is 3.93. The summed E-state index contributed by atoms with van der Waals surface area (Å²) in [7, 11) is 0.970. The summed E-state index contributed by atoms with van der Waals surface area (Å²) in [6, 6.07) is 0. The van der Waals surface area contributed by atoms with Gasteiger partial charge in [0.25, 0.3) is 6.43 Å². The van der Waals surface area contributed by atoms with Gasteiger partial charge in [-0.1, -0.05) is 0 Å². The van der Waals surface area contributed by atoms with Gasteiger partial charge >= 0.3 is 12.3 Å². The van der Waals surface area contributed by atoms with E-state index in [0.29, 0.717) is 6.20 Å². The van der Waals surface area contributed by atoms with E-state index in [4.69, 9.17) is 0 Å². The van der Waals surface area contributed by atoms with Crippen LogP contribution in [0.1, 0.15) is 17.7 Å². The van der Waals surface area contributed by atoms with Gasteiger partial charge in [-0.25, -0.2) is 8.78 Å². The van der Waals surface area contributed by atoms with E-state index in [1.165, 1.54) is 0 Å². The maximum Gasteiger partial charge on any atom is 0.573 e. The summed E-state index contributed by atoms with van der Waals surface area (Å²) in [6.45, 7) is 0. The number of H-pyrrole nitrogens is 1. The molecule has 0 aliphatic carbocycles. The highest BCUT2D eigenvalue weighted by Crippen LogP contribution is 2.25. The van der Waals surface area contributed by atoms with Gasteiger partial charge in [0.1, 0.15) is 0 Å². The van der Waals surface area contributed by atoms with Crippen LogP contribution in [-0.4, -0.2) is 24.4 Å². The molecule has 1 N–H and O–H groups in total. The van der Waals surface area contributed by atoms with Crippen LogP contribution in [-0.2, 0) is 16.0 Å². The van der Waals surface area contributed by atoms with Gasteiger partial charge in [-0.05, 0) is 0 Å². The molecule has 0 aliphatic rings. The molecule has 0 aliphatic heterocycles. The predicted molar refractivity (Wildman–Crippen MR) is 54.4 cm³/mol. The summed E-state index contributed by atoms with van der Waals surface area (Å²) < 4.78 is 69.1. The summed E-state index contributed by atoms with van der Waals surface area (Å²) in [5, 5.41) is 0. The number of hydrogen-bond donors (Lipinski definition) is 1. The number of aromatic nitrogens is 1. The molecule has 10 heteroatoms. The zero-order valence-corrected chi connectivity index (χ0v) is 9.88. The van der Waals surface area contributed by atoms with Crippen LogP contribution < -0.4 is 10.2 Å². The molecule has 0 amide bonds. The number of carbonyl (C=O) groups is 1. The number of rotatable bonds is 4. The third-order valence-corrected chi connectivity index (χ3v) is 2.15. The van der Waals surface area contributed by atoms with Gasteiger partial charge in [0, 0.05) is 6.20 Å². The quantitative estimate of drug-likeness (QED) is 0.681. The van der Waals surface area contributed by atoms with E-state index in [-0.39, 0.29) is 0 Å². The van der Waals surface area contributed by atoms with E-state index in [2.05, 4.69) is 9.47 Å². The zero-order chi connectivity index (χ0) is 15.5. The molecule has 0 aromatic carbocycles. The molecule has 1 aromatic rings. The maximum absolute atomic E-state index is 12.5. The minimum Gasteiger partial charge on any atom is -0.469 e. The van der Waals surface area contributed by atoms with E-state index >= 15 is 0 Å². The second-order valence-corrected chi connectivity index (χ2v) is 3.48. The molecule has 0 saturated heterocycles. The lowest BCUT2D eigenvalue weighted by Crippen LogP contribution is -2.26. The number of hydrogen-bond acceptors (Lipinski definition) is 4. The van der Waals surface area contributed by atoms with Gasteiger partial charge in [-0.2, -0.15) is 0 Å². The molecule has 0 spiro atoms. The van der Waals surface area contributed by atoms with Crippen molar-refractivity contribution in [2.24, 2.45) is 0 Å². The van der Waals surface area contributed by atoms with Gasteiger partial charge in [0.05, 0.1) is 24.8 Å². The monoisotopic (exact) mass is 301 g/mol. The van der Waals surface area contributed by atoms with Crippen molar-refractivity contribution in [3.63, 3.8) is 0 Å². The van der Waals surface area contributed by atoms with Crippen molar-refractivity contribution in [2.75, 3.05) is 7.11 Å². The first-order chi connectivity index (χ1) is 9.15. The fraction of sp³-hybridized carbons (Fsp3) is 0.400. The average Bonchev–Trinajstić information content (AvgIpc) is 2.31. The van der Waals surface area contributed by atoms with Crippen molar-refractivity contribution in [3.05, 3.63) is 27.7 Å². The number of methoxy groups -OCH3 is 1. The van der Waals surface area contributed by atoms with Crippen molar-refractivity contribution in [2.45, 2.75) is 19.2 Å². The normalized spacial score (nSPS) is 11.6. The number of pyridine rings is 1. The molecule has 0 unspecified atom stereocenters. The van der Waals surface area contributed by atoms with Gasteiger partial charge < -0.3 is 14.5 Å².